The van der Waals surface area contributed by atoms with E-state index in [0.717, 1.165) is 12.1 Å². The Morgan fingerprint density at radius 3 is 2.54 bits per heavy atom. The van der Waals surface area contributed by atoms with Gasteiger partial charge in [0, 0.05) is 19.5 Å². The number of nitrogens with zero attached hydrogens (tertiary/aromatic N) is 1. The van der Waals surface area contributed by atoms with E-state index in [0.29, 0.717) is 11.8 Å². The number of likely N-dealkylation sites (tertiary alicyclic amines) is 1. The van der Waals surface area contributed by atoms with Gasteiger partial charge in [0.1, 0.15) is 0 Å². The molecule has 0 aromatic rings. The Bertz CT molecular complexity index is 234. The van der Waals surface area contributed by atoms with Crippen molar-refractivity contribution in [3.63, 3.8) is 0 Å². The summed E-state index contributed by atoms with van der Waals surface area (Å²) in [6, 6.07) is 0. The monoisotopic (exact) mass is 181 g/mol. The molecule has 2 heteroatoms. The minimum atomic E-state index is 0.103. The molecule has 1 aliphatic heterocycles. The van der Waals surface area contributed by atoms with Crippen molar-refractivity contribution in [1.29, 1.82) is 0 Å². The van der Waals surface area contributed by atoms with Crippen LogP contribution in [0.2, 0.25) is 0 Å². The van der Waals surface area contributed by atoms with Gasteiger partial charge in [-0.1, -0.05) is 26.0 Å². The van der Waals surface area contributed by atoms with Crippen LogP contribution in [0.1, 0.15) is 20.8 Å². The molecule has 1 aliphatic rings. The molecule has 3 unspecified atom stereocenters. The average Bonchev–Trinajstić information content (AvgIpc) is 1.99. The van der Waals surface area contributed by atoms with Gasteiger partial charge in [0.05, 0.1) is 0 Å². The maximum Gasteiger partial charge on any atom is 0.225 e. The van der Waals surface area contributed by atoms with E-state index in [-0.39, 0.29) is 11.8 Å². The largest absolute Gasteiger partial charge is 0.345 e. The minimum Gasteiger partial charge on any atom is -0.345 e. The summed E-state index contributed by atoms with van der Waals surface area (Å²) in [5.41, 5.74) is 1.14. The highest BCUT2D eigenvalue weighted by atomic mass is 16.2. The fourth-order valence-corrected chi connectivity index (χ4v) is 2.54. The molecule has 0 aromatic carbocycles. The number of hydrogen-bond donors (Lipinski definition) is 0. The van der Waals surface area contributed by atoms with E-state index in [2.05, 4.69) is 13.5 Å². The topological polar surface area (TPSA) is 20.3 Å². The summed E-state index contributed by atoms with van der Waals surface area (Å²) in [6.45, 7) is 11.1. The molecule has 74 valence electrons. The van der Waals surface area contributed by atoms with Gasteiger partial charge in [-0.05, 0) is 18.8 Å². The van der Waals surface area contributed by atoms with E-state index >= 15 is 0 Å². The van der Waals surface area contributed by atoms with Crippen LogP contribution in [0.4, 0.5) is 0 Å². The molecule has 0 N–H and O–H groups in total. The molecule has 1 rings (SSSR count). The van der Waals surface area contributed by atoms with Gasteiger partial charge >= 0.3 is 0 Å². The van der Waals surface area contributed by atoms with Crippen molar-refractivity contribution in [3.8, 4) is 0 Å². The summed E-state index contributed by atoms with van der Waals surface area (Å²) in [4.78, 5) is 13.5. The van der Waals surface area contributed by atoms with Crippen molar-refractivity contribution >= 4 is 5.91 Å². The average molecular weight is 181 g/mol. The van der Waals surface area contributed by atoms with Crippen molar-refractivity contribution in [2.24, 2.45) is 17.8 Å². The Labute approximate surface area is 80.6 Å². The Kier molecular flexibility index (Phi) is 2.79. The first-order chi connectivity index (χ1) is 5.95. The van der Waals surface area contributed by atoms with Crippen molar-refractivity contribution in [2.75, 3.05) is 13.6 Å². The van der Waals surface area contributed by atoms with E-state index in [9.17, 15) is 4.79 Å². The molecule has 1 heterocycles. The van der Waals surface area contributed by atoms with Crippen molar-refractivity contribution < 1.29 is 4.79 Å². The summed E-state index contributed by atoms with van der Waals surface area (Å²) in [5.74, 6) is 1.26. The zero-order chi connectivity index (χ0) is 10.2. The molecule has 13 heavy (non-hydrogen) atoms. The molecule has 0 spiro atoms. The molecule has 0 radical (unpaired) electrons. The van der Waals surface area contributed by atoms with Crippen LogP contribution < -0.4 is 0 Å². The zero-order valence-electron chi connectivity index (χ0n) is 9.00. The van der Waals surface area contributed by atoms with E-state index in [1.165, 1.54) is 0 Å². The second-order valence-corrected chi connectivity index (χ2v) is 4.36. The highest BCUT2D eigenvalue weighted by Gasteiger charge is 2.36. The van der Waals surface area contributed by atoms with Crippen LogP contribution in [-0.4, -0.2) is 24.4 Å². The Hall–Kier alpha value is -0.790. The molecule has 0 bridgehead atoms. The van der Waals surface area contributed by atoms with Crippen LogP contribution >= 0.6 is 0 Å². The number of allylic oxidation sites excluding steroid dienone is 1. The SMILES string of the molecule is C=C(C)C1C(C)CN(C)C(=O)C1C. The molecular formula is C11H19NO. The van der Waals surface area contributed by atoms with E-state index in [1.54, 1.807) is 0 Å². The second kappa shape index (κ2) is 3.52. The van der Waals surface area contributed by atoms with Crippen molar-refractivity contribution in [1.82, 2.24) is 4.90 Å². The molecule has 1 amide bonds. The Morgan fingerprint density at radius 2 is 2.08 bits per heavy atom. The zero-order valence-corrected chi connectivity index (χ0v) is 9.00. The van der Waals surface area contributed by atoms with Crippen LogP contribution in [0.15, 0.2) is 12.2 Å². The van der Waals surface area contributed by atoms with Crippen molar-refractivity contribution in [2.45, 2.75) is 20.8 Å². The molecule has 0 aromatic heterocycles. The van der Waals surface area contributed by atoms with Crippen LogP contribution in [0.3, 0.4) is 0 Å². The van der Waals surface area contributed by atoms with Gasteiger partial charge < -0.3 is 4.90 Å². The normalized spacial score (nSPS) is 34.9. The third-order valence-corrected chi connectivity index (χ3v) is 3.05. The van der Waals surface area contributed by atoms with Gasteiger partial charge in [-0.15, -0.1) is 0 Å². The molecule has 0 aliphatic carbocycles. The Morgan fingerprint density at radius 1 is 1.54 bits per heavy atom. The third kappa shape index (κ3) is 1.77. The van der Waals surface area contributed by atoms with Crippen LogP contribution in [0.25, 0.3) is 0 Å². The van der Waals surface area contributed by atoms with Gasteiger partial charge in [0.2, 0.25) is 5.91 Å². The van der Waals surface area contributed by atoms with Crippen LogP contribution in [0.5, 0.6) is 0 Å². The van der Waals surface area contributed by atoms with Crippen molar-refractivity contribution in [3.05, 3.63) is 12.2 Å². The van der Waals surface area contributed by atoms with Gasteiger partial charge in [-0.2, -0.15) is 0 Å². The van der Waals surface area contributed by atoms with Gasteiger partial charge in [0.25, 0.3) is 0 Å². The third-order valence-electron chi connectivity index (χ3n) is 3.05. The number of amides is 1. The number of rotatable bonds is 1. The molecule has 3 atom stereocenters. The lowest BCUT2D eigenvalue weighted by Gasteiger charge is -2.39. The first-order valence-corrected chi connectivity index (χ1v) is 4.85. The maximum atomic E-state index is 11.7. The molecule has 1 saturated heterocycles. The lowest BCUT2D eigenvalue weighted by Crippen LogP contribution is -2.47. The number of carbonyl (C=O) groups excluding carboxylic acids is 1. The fraction of sp³-hybridized carbons (Fsp3) is 0.727. The van der Waals surface area contributed by atoms with E-state index in [1.807, 2.05) is 25.8 Å². The number of carbonyl (C=O) groups is 1. The number of piperidine rings is 1. The highest BCUT2D eigenvalue weighted by Crippen LogP contribution is 2.33. The second-order valence-electron chi connectivity index (χ2n) is 4.36. The first kappa shape index (κ1) is 10.3. The smallest absolute Gasteiger partial charge is 0.225 e. The predicted octanol–water partition coefficient (Wildman–Crippen LogP) is 1.92. The highest BCUT2D eigenvalue weighted by molar-refractivity contribution is 5.79. The summed E-state index contributed by atoms with van der Waals surface area (Å²) in [7, 11) is 1.88. The molecule has 2 nitrogen and oxygen atoms in total. The van der Waals surface area contributed by atoms with Crippen LogP contribution in [-0.2, 0) is 4.79 Å². The summed E-state index contributed by atoms with van der Waals surface area (Å²) >= 11 is 0. The predicted molar refractivity (Wildman–Crippen MR) is 54.3 cm³/mol. The molecule has 1 fully saturated rings. The number of hydrogen-bond acceptors (Lipinski definition) is 1. The van der Waals surface area contributed by atoms with E-state index < -0.39 is 0 Å². The lowest BCUT2D eigenvalue weighted by molar-refractivity contribution is -0.140. The van der Waals surface area contributed by atoms with Crippen LogP contribution in [0, 0.1) is 17.8 Å². The fourth-order valence-electron chi connectivity index (χ4n) is 2.54. The first-order valence-electron chi connectivity index (χ1n) is 4.85. The summed E-state index contributed by atoms with van der Waals surface area (Å²) < 4.78 is 0. The summed E-state index contributed by atoms with van der Waals surface area (Å²) in [6.07, 6.45) is 0. The minimum absolute atomic E-state index is 0.103. The van der Waals surface area contributed by atoms with Gasteiger partial charge in [-0.3, -0.25) is 4.79 Å². The van der Waals surface area contributed by atoms with Gasteiger partial charge in [0.15, 0.2) is 0 Å². The Balaban J connectivity index is 2.85. The standard InChI is InChI=1S/C11H19NO/c1-7(2)10-8(3)6-12(5)11(13)9(10)4/h8-10H,1,6H2,2-5H3. The maximum absolute atomic E-state index is 11.7. The lowest BCUT2D eigenvalue weighted by atomic mass is 9.75. The molecular weight excluding hydrogens is 162 g/mol. The van der Waals surface area contributed by atoms with Gasteiger partial charge in [-0.25, -0.2) is 0 Å². The van der Waals surface area contributed by atoms with E-state index in [4.69, 9.17) is 0 Å². The quantitative estimate of drug-likeness (QED) is 0.566. The summed E-state index contributed by atoms with van der Waals surface area (Å²) in [5, 5.41) is 0. The molecule has 0 saturated carbocycles.